The molecule has 0 radical (unpaired) electrons. The molecule has 0 saturated heterocycles. The number of aromatic nitrogens is 1. The van der Waals surface area contributed by atoms with E-state index in [1.165, 1.54) is 5.56 Å². The van der Waals surface area contributed by atoms with E-state index in [0.717, 1.165) is 27.2 Å². The maximum absolute atomic E-state index is 5.36. The molecule has 0 bridgehead atoms. The van der Waals surface area contributed by atoms with E-state index in [4.69, 9.17) is 4.74 Å². The number of anilines is 1. The molecule has 2 aromatic rings. The lowest BCUT2D eigenvalue weighted by atomic mass is 10.1. The number of nitrogens with one attached hydrogen (secondary N) is 1. The van der Waals surface area contributed by atoms with Gasteiger partial charge in [-0.15, -0.1) is 0 Å². The Morgan fingerprint density at radius 2 is 2.05 bits per heavy atom. The van der Waals surface area contributed by atoms with Crippen LogP contribution < -0.4 is 10.1 Å². The summed E-state index contributed by atoms with van der Waals surface area (Å²) < 4.78 is 6.38. The number of halogens is 1. The molecule has 1 aromatic heterocycles. The van der Waals surface area contributed by atoms with Crippen molar-refractivity contribution in [3.8, 4) is 5.75 Å². The summed E-state index contributed by atoms with van der Waals surface area (Å²) in [4.78, 5) is 4.33. The molecular weight excluding hydrogens is 304 g/mol. The van der Waals surface area contributed by atoms with Crippen molar-refractivity contribution in [2.45, 2.75) is 20.4 Å². The van der Waals surface area contributed by atoms with Crippen molar-refractivity contribution in [3.63, 3.8) is 0 Å². The van der Waals surface area contributed by atoms with Gasteiger partial charge in [0.1, 0.15) is 11.6 Å². The Hall–Kier alpha value is -1.55. The minimum absolute atomic E-state index is 0.693. The molecule has 0 aliphatic carbocycles. The van der Waals surface area contributed by atoms with Crippen molar-refractivity contribution in [2.75, 3.05) is 12.4 Å². The highest BCUT2D eigenvalue weighted by molar-refractivity contribution is 9.10. The lowest BCUT2D eigenvalue weighted by Crippen LogP contribution is -2.03. The quantitative estimate of drug-likeness (QED) is 0.921. The number of ether oxygens (including phenoxy) is 1. The maximum atomic E-state index is 5.36. The summed E-state index contributed by atoms with van der Waals surface area (Å²) in [5.74, 6) is 1.76. The third kappa shape index (κ3) is 3.47. The number of hydrogen-bond donors (Lipinski definition) is 1. The number of nitrogens with zero attached hydrogens (tertiary/aromatic N) is 1. The molecular formula is C15H17BrN2O. The van der Waals surface area contributed by atoms with Gasteiger partial charge in [-0.2, -0.15) is 0 Å². The molecule has 2 rings (SSSR count). The number of rotatable bonds is 4. The van der Waals surface area contributed by atoms with Crippen LogP contribution in [-0.4, -0.2) is 12.1 Å². The zero-order valence-electron chi connectivity index (χ0n) is 11.3. The lowest BCUT2D eigenvalue weighted by Gasteiger charge is -2.11. The standard InChI is InChI=1S/C15H17BrN2O/c1-10-4-5-14(19-3)12(6-10)8-17-15-7-11(2)13(16)9-18-15/h4-7,9H,8H2,1-3H3,(H,17,18). The fourth-order valence-corrected chi connectivity index (χ4v) is 2.08. The zero-order valence-corrected chi connectivity index (χ0v) is 12.9. The highest BCUT2D eigenvalue weighted by atomic mass is 79.9. The van der Waals surface area contributed by atoms with Gasteiger partial charge >= 0.3 is 0 Å². The Morgan fingerprint density at radius 3 is 2.74 bits per heavy atom. The lowest BCUT2D eigenvalue weighted by molar-refractivity contribution is 0.410. The summed E-state index contributed by atoms with van der Waals surface area (Å²) in [5, 5.41) is 3.32. The predicted molar refractivity (Wildman–Crippen MR) is 81.7 cm³/mol. The highest BCUT2D eigenvalue weighted by Crippen LogP contribution is 2.22. The number of benzene rings is 1. The van der Waals surface area contributed by atoms with Gasteiger partial charge in [-0.05, 0) is 47.5 Å². The van der Waals surface area contributed by atoms with Crippen LogP contribution in [0.25, 0.3) is 0 Å². The Bertz CT molecular complexity index is 584. The van der Waals surface area contributed by atoms with Gasteiger partial charge in [0.05, 0.1) is 7.11 Å². The van der Waals surface area contributed by atoms with Crippen LogP contribution >= 0.6 is 15.9 Å². The maximum Gasteiger partial charge on any atom is 0.126 e. The summed E-state index contributed by atoms with van der Waals surface area (Å²) in [6, 6.07) is 8.18. The van der Waals surface area contributed by atoms with E-state index in [9.17, 15) is 0 Å². The third-order valence-corrected chi connectivity index (χ3v) is 3.77. The van der Waals surface area contributed by atoms with Crippen LogP contribution in [0.4, 0.5) is 5.82 Å². The Kier molecular flexibility index (Phi) is 4.43. The van der Waals surface area contributed by atoms with Crippen LogP contribution in [0, 0.1) is 13.8 Å². The van der Waals surface area contributed by atoms with Crippen LogP contribution in [0.1, 0.15) is 16.7 Å². The summed E-state index contributed by atoms with van der Waals surface area (Å²) in [7, 11) is 1.69. The van der Waals surface area contributed by atoms with Crippen LogP contribution in [-0.2, 0) is 6.54 Å². The molecule has 0 aliphatic rings. The normalized spacial score (nSPS) is 10.3. The van der Waals surface area contributed by atoms with Gasteiger partial charge in [-0.25, -0.2) is 4.98 Å². The van der Waals surface area contributed by atoms with E-state index in [1.54, 1.807) is 7.11 Å². The van der Waals surface area contributed by atoms with Gasteiger partial charge in [0.15, 0.2) is 0 Å². The van der Waals surface area contributed by atoms with Gasteiger partial charge < -0.3 is 10.1 Å². The highest BCUT2D eigenvalue weighted by Gasteiger charge is 2.04. The SMILES string of the molecule is COc1ccc(C)cc1CNc1cc(C)c(Br)cn1. The fourth-order valence-electron chi connectivity index (χ4n) is 1.87. The van der Waals surface area contributed by atoms with Gasteiger partial charge in [0.2, 0.25) is 0 Å². The van der Waals surface area contributed by atoms with Gasteiger partial charge in [-0.1, -0.05) is 17.7 Å². The second-order valence-corrected chi connectivity index (χ2v) is 5.34. The van der Waals surface area contributed by atoms with Crippen LogP contribution in [0.3, 0.4) is 0 Å². The van der Waals surface area contributed by atoms with E-state index in [0.29, 0.717) is 6.54 Å². The van der Waals surface area contributed by atoms with Crippen molar-refractivity contribution < 1.29 is 4.74 Å². The van der Waals surface area contributed by atoms with Crippen LogP contribution in [0.2, 0.25) is 0 Å². The van der Waals surface area contributed by atoms with Gasteiger partial charge in [0, 0.05) is 22.8 Å². The zero-order chi connectivity index (χ0) is 13.8. The smallest absolute Gasteiger partial charge is 0.126 e. The molecule has 0 atom stereocenters. The molecule has 19 heavy (non-hydrogen) atoms. The van der Waals surface area contributed by atoms with Crippen LogP contribution in [0.15, 0.2) is 34.9 Å². The van der Waals surface area contributed by atoms with Crippen molar-refractivity contribution >= 4 is 21.7 Å². The Morgan fingerprint density at radius 1 is 1.26 bits per heavy atom. The van der Waals surface area contributed by atoms with E-state index in [2.05, 4.69) is 39.2 Å². The molecule has 0 aliphatic heterocycles. The first-order chi connectivity index (χ1) is 9.10. The molecule has 0 unspecified atom stereocenters. The third-order valence-electron chi connectivity index (χ3n) is 2.94. The number of methoxy groups -OCH3 is 1. The minimum Gasteiger partial charge on any atom is -0.496 e. The summed E-state index contributed by atoms with van der Waals surface area (Å²) in [5.41, 5.74) is 3.51. The van der Waals surface area contributed by atoms with Crippen molar-refractivity contribution in [2.24, 2.45) is 0 Å². The number of aryl methyl sites for hydroxylation is 2. The molecule has 0 saturated carbocycles. The minimum atomic E-state index is 0.693. The summed E-state index contributed by atoms with van der Waals surface area (Å²) >= 11 is 3.45. The first kappa shape index (κ1) is 13.9. The molecule has 0 spiro atoms. The summed E-state index contributed by atoms with van der Waals surface area (Å²) in [6.45, 7) is 4.81. The van der Waals surface area contributed by atoms with Crippen molar-refractivity contribution in [3.05, 3.63) is 51.6 Å². The number of pyridine rings is 1. The Labute approximate surface area is 122 Å². The first-order valence-electron chi connectivity index (χ1n) is 6.09. The molecule has 1 heterocycles. The van der Waals surface area contributed by atoms with Crippen LogP contribution in [0.5, 0.6) is 5.75 Å². The monoisotopic (exact) mass is 320 g/mol. The average molecular weight is 321 g/mol. The fraction of sp³-hybridized carbons (Fsp3) is 0.267. The molecule has 0 amide bonds. The molecule has 100 valence electrons. The first-order valence-corrected chi connectivity index (χ1v) is 6.89. The average Bonchev–Trinajstić information content (AvgIpc) is 2.40. The predicted octanol–water partition coefficient (Wildman–Crippen LogP) is 4.08. The second-order valence-electron chi connectivity index (χ2n) is 4.49. The largest absolute Gasteiger partial charge is 0.496 e. The van der Waals surface area contributed by atoms with E-state index in [1.807, 2.05) is 31.3 Å². The van der Waals surface area contributed by atoms with E-state index >= 15 is 0 Å². The second kappa shape index (κ2) is 6.06. The topological polar surface area (TPSA) is 34.1 Å². The molecule has 4 heteroatoms. The molecule has 1 N–H and O–H groups in total. The number of hydrogen-bond acceptors (Lipinski definition) is 3. The molecule has 3 nitrogen and oxygen atoms in total. The van der Waals surface area contributed by atoms with Crippen molar-refractivity contribution in [1.29, 1.82) is 0 Å². The molecule has 1 aromatic carbocycles. The van der Waals surface area contributed by atoms with E-state index < -0.39 is 0 Å². The Balaban J connectivity index is 2.13. The van der Waals surface area contributed by atoms with Crippen molar-refractivity contribution in [1.82, 2.24) is 4.98 Å². The van der Waals surface area contributed by atoms with Gasteiger partial charge in [0.25, 0.3) is 0 Å². The van der Waals surface area contributed by atoms with E-state index in [-0.39, 0.29) is 0 Å². The van der Waals surface area contributed by atoms with Gasteiger partial charge in [-0.3, -0.25) is 0 Å². The summed E-state index contributed by atoms with van der Waals surface area (Å²) in [6.07, 6.45) is 1.81. The molecule has 0 fully saturated rings.